The van der Waals surface area contributed by atoms with Crippen LogP contribution in [0.15, 0.2) is 38.6 Å². The van der Waals surface area contributed by atoms with Crippen molar-refractivity contribution in [2.45, 2.75) is 6.42 Å². The van der Waals surface area contributed by atoms with E-state index < -0.39 is 5.97 Å². The number of rotatable bonds is 4. The van der Waals surface area contributed by atoms with E-state index in [9.17, 15) is 9.59 Å². The lowest BCUT2D eigenvalue weighted by Crippen LogP contribution is -2.10. The molecule has 1 heterocycles. The minimum atomic E-state index is -0.880. The SMILES string of the molecule is O=C(O)Cc1ccc(NC(=O)c2cc(Br)c(Br)s2)cc1. The number of aliphatic carboxylic acids is 1. The Kier molecular flexibility index (Phi) is 4.95. The van der Waals surface area contributed by atoms with E-state index in [4.69, 9.17) is 5.11 Å². The van der Waals surface area contributed by atoms with Gasteiger partial charge in [0.2, 0.25) is 0 Å². The van der Waals surface area contributed by atoms with Crippen molar-refractivity contribution in [1.82, 2.24) is 0 Å². The van der Waals surface area contributed by atoms with Crippen LogP contribution in [0.1, 0.15) is 15.2 Å². The van der Waals surface area contributed by atoms with Gasteiger partial charge in [0.15, 0.2) is 0 Å². The minimum absolute atomic E-state index is 0.0287. The van der Waals surface area contributed by atoms with Crippen molar-refractivity contribution in [2.24, 2.45) is 0 Å². The van der Waals surface area contributed by atoms with Crippen molar-refractivity contribution in [3.63, 3.8) is 0 Å². The van der Waals surface area contributed by atoms with Crippen LogP contribution in [0, 0.1) is 0 Å². The van der Waals surface area contributed by atoms with Gasteiger partial charge in [-0.05, 0) is 55.6 Å². The maximum atomic E-state index is 12.0. The molecule has 0 spiro atoms. The largest absolute Gasteiger partial charge is 0.481 e. The zero-order valence-corrected chi connectivity index (χ0v) is 14.0. The molecular weight excluding hydrogens is 410 g/mol. The second-order valence-corrected chi connectivity index (χ2v) is 7.18. The number of halogens is 2. The minimum Gasteiger partial charge on any atom is -0.481 e. The van der Waals surface area contributed by atoms with Gasteiger partial charge in [-0.2, -0.15) is 0 Å². The van der Waals surface area contributed by atoms with Crippen LogP contribution in [0.5, 0.6) is 0 Å². The lowest BCUT2D eigenvalue weighted by atomic mass is 10.1. The van der Waals surface area contributed by atoms with Crippen molar-refractivity contribution in [3.05, 3.63) is 49.0 Å². The summed E-state index contributed by atoms with van der Waals surface area (Å²) < 4.78 is 1.70. The van der Waals surface area contributed by atoms with Gasteiger partial charge in [-0.3, -0.25) is 9.59 Å². The van der Waals surface area contributed by atoms with Crippen LogP contribution in [0.3, 0.4) is 0 Å². The number of carboxylic acids is 1. The number of nitrogens with one attached hydrogen (secondary N) is 1. The number of amides is 1. The summed E-state index contributed by atoms with van der Waals surface area (Å²) in [6.45, 7) is 0. The first-order chi connectivity index (χ1) is 9.45. The molecule has 104 valence electrons. The molecule has 7 heteroatoms. The highest BCUT2D eigenvalue weighted by Gasteiger charge is 2.12. The van der Waals surface area contributed by atoms with Crippen LogP contribution in [-0.2, 0) is 11.2 Å². The third-order valence-electron chi connectivity index (χ3n) is 2.44. The van der Waals surface area contributed by atoms with E-state index in [0.717, 1.165) is 8.26 Å². The fourth-order valence-electron chi connectivity index (χ4n) is 1.53. The number of benzene rings is 1. The predicted molar refractivity (Wildman–Crippen MR) is 85.5 cm³/mol. The van der Waals surface area contributed by atoms with E-state index in [1.807, 2.05) is 0 Å². The van der Waals surface area contributed by atoms with Crippen LogP contribution in [-0.4, -0.2) is 17.0 Å². The molecule has 0 unspecified atom stereocenters. The molecule has 1 aromatic carbocycles. The van der Waals surface area contributed by atoms with Gasteiger partial charge in [-0.1, -0.05) is 12.1 Å². The molecule has 0 aliphatic rings. The standard InChI is InChI=1S/C13H9Br2NO3S/c14-9-6-10(20-12(9)15)13(19)16-8-3-1-7(2-4-8)5-11(17)18/h1-4,6H,5H2,(H,16,19)(H,17,18). The lowest BCUT2D eigenvalue weighted by molar-refractivity contribution is -0.136. The summed E-state index contributed by atoms with van der Waals surface area (Å²) >= 11 is 8.00. The van der Waals surface area contributed by atoms with Crippen LogP contribution in [0.2, 0.25) is 0 Å². The van der Waals surface area contributed by atoms with Crippen molar-refractivity contribution in [2.75, 3.05) is 5.32 Å². The zero-order valence-electron chi connectivity index (χ0n) is 10.0. The number of hydrogen-bond acceptors (Lipinski definition) is 3. The Labute approximate surface area is 136 Å². The molecule has 20 heavy (non-hydrogen) atoms. The first-order valence-corrected chi connectivity index (χ1v) is 7.93. The lowest BCUT2D eigenvalue weighted by Gasteiger charge is -2.04. The van der Waals surface area contributed by atoms with Crippen LogP contribution in [0.4, 0.5) is 5.69 Å². The average Bonchev–Trinajstić information content (AvgIpc) is 2.71. The van der Waals surface area contributed by atoms with E-state index in [-0.39, 0.29) is 12.3 Å². The molecule has 1 amide bonds. The van der Waals surface area contributed by atoms with E-state index in [2.05, 4.69) is 37.2 Å². The average molecular weight is 419 g/mol. The molecule has 0 saturated heterocycles. The Morgan fingerprint density at radius 3 is 2.35 bits per heavy atom. The van der Waals surface area contributed by atoms with Gasteiger partial charge in [-0.25, -0.2) is 0 Å². The van der Waals surface area contributed by atoms with Gasteiger partial charge in [0, 0.05) is 10.2 Å². The molecule has 2 N–H and O–H groups in total. The van der Waals surface area contributed by atoms with Gasteiger partial charge >= 0.3 is 5.97 Å². The number of thiophene rings is 1. The Morgan fingerprint density at radius 1 is 1.20 bits per heavy atom. The van der Waals surface area contributed by atoms with Crippen molar-refractivity contribution >= 4 is 60.8 Å². The highest BCUT2D eigenvalue weighted by atomic mass is 79.9. The number of hydrogen-bond donors (Lipinski definition) is 2. The Hall–Kier alpha value is -1.18. The highest BCUT2D eigenvalue weighted by Crippen LogP contribution is 2.32. The molecule has 2 rings (SSSR count). The summed E-state index contributed by atoms with van der Waals surface area (Å²) in [5.74, 6) is -1.08. The first-order valence-electron chi connectivity index (χ1n) is 5.52. The number of carbonyl (C=O) groups excluding carboxylic acids is 1. The molecule has 1 aromatic heterocycles. The molecule has 0 radical (unpaired) electrons. The third-order valence-corrected chi connectivity index (χ3v) is 5.69. The zero-order chi connectivity index (χ0) is 14.7. The predicted octanol–water partition coefficient (Wildman–Crippen LogP) is 4.15. The summed E-state index contributed by atoms with van der Waals surface area (Å²) in [7, 11) is 0. The summed E-state index contributed by atoms with van der Waals surface area (Å²) in [4.78, 5) is 23.2. The van der Waals surface area contributed by atoms with Crippen LogP contribution in [0.25, 0.3) is 0 Å². The van der Waals surface area contributed by atoms with Gasteiger partial charge in [0.25, 0.3) is 5.91 Å². The Morgan fingerprint density at radius 2 is 1.85 bits per heavy atom. The topological polar surface area (TPSA) is 66.4 Å². The second kappa shape index (κ2) is 6.51. The van der Waals surface area contributed by atoms with Crippen LogP contribution >= 0.6 is 43.2 Å². The van der Waals surface area contributed by atoms with E-state index in [1.165, 1.54) is 11.3 Å². The summed E-state index contributed by atoms with van der Waals surface area (Å²) in [5, 5.41) is 11.4. The van der Waals surface area contributed by atoms with E-state index >= 15 is 0 Å². The molecule has 0 bridgehead atoms. The smallest absolute Gasteiger partial charge is 0.307 e. The molecule has 0 aliphatic carbocycles. The molecular formula is C13H9Br2NO3S. The molecule has 2 aromatic rings. The maximum absolute atomic E-state index is 12.0. The number of carboxylic acid groups (broad SMARTS) is 1. The Balaban J connectivity index is 2.06. The van der Waals surface area contributed by atoms with E-state index in [0.29, 0.717) is 16.1 Å². The molecule has 0 saturated carbocycles. The van der Waals surface area contributed by atoms with Gasteiger partial charge in [0.1, 0.15) is 0 Å². The highest BCUT2D eigenvalue weighted by molar-refractivity contribution is 9.13. The normalized spacial score (nSPS) is 10.3. The molecule has 0 fully saturated rings. The quantitative estimate of drug-likeness (QED) is 0.783. The number of anilines is 1. The summed E-state index contributed by atoms with van der Waals surface area (Å²) in [6, 6.07) is 8.48. The fraction of sp³-hybridized carbons (Fsp3) is 0.0769. The van der Waals surface area contributed by atoms with Gasteiger partial charge in [-0.15, -0.1) is 11.3 Å². The van der Waals surface area contributed by atoms with Gasteiger partial charge < -0.3 is 10.4 Å². The van der Waals surface area contributed by atoms with Crippen molar-refractivity contribution in [1.29, 1.82) is 0 Å². The van der Waals surface area contributed by atoms with Crippen molar-refractivity contribution in [3.8, 4) is 0 Å². The fourth-order valence-corrected chi connectivity index (χ4v) is 3.46. The molecule has 0 aliphatic heterocycles. The van der Waals surface area contributed by atoms with Gasteiger partial charge in [0.05, 0.1) is 15.1 Å². The monoisotopic (exact) mass is 417 g/mol. The molecule has 4 nitrogen and oxygen atoms in total. The van der Waals surface area contributed by atoms with Crippen LogP contribution < -0.4 is 5.32 Å². The summed E-state index contributed by atoms with van der Waals surface area (Å²) in [6.07, 6.45) is -0.0287. The van der Waals surface area contributed by atoms with Crippen molar-refractivity contribution < 1.29 is 14.7 Å². The summed E-state index contributed by atoms with van der Waals surface area (Å²) in [5.41, 5.74) is 1.32. The third kappa shape index (κ3) is 3.91. The first kappa shape index (κ1) is 15.2. The maximum Gasteiger partial charge on any atom is 0.307 e. The van der Waals surface area contributed by atoms with E-state index in [1.54, 1.807) is 30.3 Å². The number of carbonyl (C=O) groups is 2. The molecule has 0 atom stereocenters. The Bertz CT molecular complexity index is 633. The second-order valence-electron chi connectivity index (χ2n) is 3.95.